The summed E-state index contributed by atoms with van der Waals surface area (Å²) in [5.74, 6) is 0.712. The third kappa shape index (κ3) is 5.68. The molecule has 1 aromatic carbocycles. The number of likely N-dealkylation sites (tertiary alicyclic amines) is 1. The molecule has 0 atom stereocenters. The number of carbonyl (C=O) groups excluding carboxylic acids is 1. The lowest BCUT2D eigenvalue weighted by Gasteiger charge is -2.26. The Morgan fingerprint density at radius 3 is 2.68 bits per heavy atom. The number of amides is 1. The summed E-state index contributed by atoms with van der Waals surface area (Å²) in [6, 6.07) is 5.89. The number of ether oxygens (including phenoxy) is 1. The molecule has 0 saturated carbocycles. The van der Waals surface area contributed by atoms with Crippen molar-refractivity contribution < 1.29 is 9.53 Å². The van der Waals surface area contributed by atoms with Gasteiger partial charge in [-0.1, -0.05) is 12.5 Å². The highest BCUT2D eigenvalue weighted by molar-refractivity contribution is 5.77. The molecule has 1 N–H and O–H groups in total. The van der Waals surface area contributed by atoms with Gasteiger partial charge in [0.1, 0.15) is 5.75 Å². The van der Waals surface area contributed by atoms with Gasteiger partial charge in [0.15, 0.2) is 6.61 Å². The van der Waals surface area contributed by atoms with Gasteiger partial charge in [-0.3, -0.25) is 4.79 Å². The minimum atomic E-state index is -0.0446. The van der Waals surface area contributed by atoms with E-state index < -0.39 is 0 Å². The average Bonchev–Trinajstić information content (AvgIpc) is 2.54. The topological polar surface area (TPSA) is 41.6 Å². The number of aryl methyl sites for hydroxylation is 2. The molecule has 22 heavy (non-hydrogen) atoms. The predicted molar refractivity (Wildman–Crippen MR) is 89.3 cm³/mol. The van der Waals surface area contributed by atoms with Gasteiger partial charge in [0.25, 0.3) is 5.91 Å². The number of rotatable bonds is 7. The second-order valence-corrected chi connectivity index (χ2v) is 6.14. The largest absolute Gasteiger partial charge is 0.484 e. The fourth-order valence-electron chi connectivity index (χ4n) is 2.72. The van der Waals surface area contributed by atoms with Gasteiger partial charge in [-0.25, -0.2) is 0 Å². The number of carbonyl (C=O) groups is 1. The number of nitrogens with one attached hydrogen (secondary N) is 1. The summed E-state index contributed by atoms with van der Waals surface area (Å²) in [4.78, 5) is 14.3. The lowest BCUT2D eigenvalue weighted by atomic mass is 10.1. The van der Waals surface area contributed by atoms with Crippen molar-refractivity contribution >= 4 is 5.91 Å². The second-order valence-electron chi connectivity index (χ2n) is 6.14. The molecule has 0 spiro atoms. The van der Waals surface area contributed by atoms with E-state index in [9.17, 15) is 4.79 Å². The molecule has 1 aliphatic heterocycles. The molecule has 122 valence electrons. The molecule has 0 radical (unpaired) electrons. The van der Waals surface area contributed by atoms with Crippen LogP contribution in [0.3, 0.4) is 0 Å². The summed E-state index contributed by atoms with van der Waals surface area (Å²) in [7, 11) is 0. The van der Waals surface area contributed by atoms with Crippen LogP contribution in [0.15, 0.2) is 18.2 Å². The van der Waals surface area contributed by atoms with Crippen molar-refractivity contribution in [2.75, 3.05) is 32.8 Å². The summed E-state index contributed by atoms with van der Waals surface area (Å²) >= 11 is 0. The van der Waals surface area contributed by atoms with Gasteiger partial charge in [0.2, 0.25) is 0 Å². The normalized spacial score (nSPS) is 15.5. The van der Waals surface area contributed by atoms with Gasteiger partial charge in [-0.15, -0.1) is 0 Å². The van der Waals surface area contributed by atoms with Crippen molar-refractivity contribution in [3.8, 4) is 5.75 Å². The van der Waals surface area contributed by atoms with Gasteiger partial charge in [0, 0.05) is 6.54 Å². The molecule has 0 aliphatic carbocycles. The molecule has 0 aromatic heterocycles. The molecule has 1 saturated heterocycles. The Kier molecular flexibility index (Phi) is 6.72. The van der Waals surface area contributed by atoms with Crippen LogP contribution in [-0.4, -0.2) is 43.6 Å². The molecule has 1 aromatic rings. The van der Waals surface area contributed by atoms with Gasteiger partial charge < -0.3 is 15.0 Å². The Hall–Kier alpha value is -1.55. The smallest absolute Gasteiger partial charge is 0.257 e. The fraction of sp³-hybridized carbons (Fsp3) is 0.611. The summed E-state index contributed by atoms with van der Waals surface area (Å²) in [6.45, 7) is 8.43. The second kappa shape index (κ2) is 8.79. The zero-order valence-corrected chi connectivity index (χ0v) is 13.9. The van der Waals surface area contributed by atoms with E-state index in [0.717, 1.165) is 25.3 Å². The van der Waals surface area contributed by atoms with E-state index in [2.05, 4.69) is 17.1 Å². The average molecular weight is 304 g/mol. The van der Waals surface area contributed by atoms with E-state index in [4.69, 9.17) is 4.74 Å². The van der Waals surface area contributed by atoms with Crippen LogP contribution in [0.2, 0.25) is 0 Å². The Labute approximate surface area is 133 Å². The van der Waals surface area contributed by atoms with Crippen LogP contribution in [0.5, 0.6) is 5.75 Å². The van der Waals surface area contributed by atoms with E-state index >= 15 is 0 Å². The first-order chi connectivity index (χ1) is 10.6. The number of piperidine rings is 1. The van der Waals surface area contributed by atoms with Gasteiger partial charge in [-0.05, 0) is 76.0 Å². The van der Waals surface area contributed by atoms with E-state index in [1.165, 1.54) is 43.5 Å². The summed E-state index contributed by atoms with van der Waals surface area (Å²) in [6.07, 6.45) is 5.00. The van der Waals surface area contributed by atoms with Gasteiger partial charge in [-0.2, -0.15) is 0 Å². The van der Waals surface area contributed by atoms with Crippen LogP contribution in [0.4, 0.5) is 0 Å². The maximum atomic E-state index is 11.8. The Morgan fingerprint density at radius 2 is 1.95 bits per heavy atom. The lowest BCUT2D eigenvalue weighted by Crippen LogP contribution is -2.34. The lowest BCUT2D eigenvalue weighted by molar-refractivity contribution is -0.123. The van der Waals surface area contributed by atoms with E-state index in [-0.39, 0.29) is 12.5 Å². The molecule has 0 unspecified atom stereocenters. The molecule has 2 rings (SSSR count). The number of hydrogen-bond acceptors (Lipinski definition) is 3. The number of nitrogens with zero attached hydrogens (tertiary/aromatic N) is 1. The quantitative estimate of drug-likeness (QED) is 0.788. The van der Waals surface area contributed by atoms with Crippen LogP contribution >= 0.6 is 0 Å². The Bertz CT molecular complexity index is 482. The zero-order valence-electron chi connectivity index (χ0n) is 13.9. The van der Waals surface area contributed by atoms with Crippen LogP contribution < -0.4 is 10.1 Å². The highest BCUT2D eigenvalue weighted by Crippen LogP contribution is 2.16. The number of benzene rings is 1. The third-order valence-corrected chi connectivity index (χ3v) is 4.27. The van der Waals surface area contributed by atoms with Crippen LogP contribution in [0.25, 0.3) is 0 Å². The molecular weight excluding hydrogens is 276 g/mol. The summed E-state index contributed by atoms with van der Waals surface area (Å²) in [5, 5.41) is 2.93. The zero-order chi connectivity index (χ0) is 15.8. The predicted octanol–water partition coefficient (Wildman–Crippen LogP) is 2.67. The third-order valence-electron chi connectivity index (χ3n) is 4.27. The Morgan fingerprint density at radius 1 is 1.18 bits per heavy atom. The standard InChI is InChI=1S/C18H28N2O2/c1-15-7-8-17(13-16(15)2)22-14-18(21)19-9-6-12-20-10-4-3-5-11-20/h7-8,13H,3-6,9-12,14H2,1-2H3,(H,19,21). The summed E-state index contributed by atoms with van der Waals surface area (Å²) < 4.78 is 5.53. The maximum absolute atomic E-state index is 11.8. The van der Waals surface area contributed by atoms with Crippen molar-refractivity contribution in [1.82, 2.24) is 10.2 Å². The highest BCUT2D eigenvalue weighted by Gasteiger charge is 2.09. The first kappa shape index (κ1) is 16.8. The van der Waals surface area contributed by atoms with Crippen LogP contribution in [-0.2, 0) is 4.79 Å². The minimum Gasteiger partial charge on any atom is -0.484 e. The monoisotopic (exact) mass is 304 g/mol. The maximum Gasteiger partial charge on any atom is 0.257 e. The highest BCUT2D eigenvalue weighted by atomic mass is 16.5. The van der Waals surface area contributed by atoms with Gasteiger partial charge >= 0.3 is 0 Å². The molecule has 0 bridgehead atoms. The van der Waals surface area contributed by atoms with Crippen molar-refractivity contribution in [2.24, 2.45) is 0 Å². The molecule has 4 nitrogen and oxygen atoms in total. The first-order valence-electron chi connectivity index (χ1n) is 8.34. The van der Waals surface area contributed by atoms with Crippen molar-refractivity contribution in [1.29, 1.82) is 0 Å². The molecule has 1 aliphatic rings. The minimum absolute atomic E-state index is 0.0446. The van der Waals surface area contributed by atoms with Crippen molar-refractivity contribution in [3.63, 3.8) is 0 Å². The van der Waals surface area contributed by atoms with Crippen molar-refractivity contribution in [2.45, 2.75) is 39.5 Å². The van der Waals surface area contributed by atoms with Crippen LogP contribution in [0, 0.1) is 13.8 Å². The molecular formula is C18H28N2O2. The van der Waals surface area contributed by atoms with E-state index in [1.54, 1.807) is 0 Å². The van der Waals surface area contributed by atoms with Crippen LogP contribution in [0.1, 0.15) is 36.8 Å². The molecule has 1 heterocycles. The van der Waals surface area contributed by atoms with Gasteiger partial charge in [0.05, 0.1) is 0 Å². The molecule has 4 heteroatoms. The van der Waals surface area contributed by atoms with Crippen molar-refractivity contribution in [3.05, 3.63) is 29.3 Å². The van der Waals surface area contributed by atoms with E-state index in [0.29, 0.717) is 0 Å². The SMILES string of the molecule is Cc1ccc(OCC(=O)NCCCN2CCCCC2)cc1C. The number of hydrogen-bond donors (Lipinski definition) is 1. The first-order valence-corrected chi connectivity index (χ1v) is 8.34. The Balaban J connectivity index is 1.58. The van der Waals surface area contributed by atoms with E-state index in [1.807, 2.05) is 25.1 Å². The molecule has 1 amide bonds. The fourth-order valence-corrected chi connectivity index (χ4v) is 2.72. The molecule has 1 fully saturated rings. The summed E-state index contributed by atoms with van der Waals surface area (Å²) in [5.41, 5.74) is 2.41.